The summed E-state index contributed by atoms with van der Waals surface area (Å²) in [6, 6.07) is 8.32. The Balaban J connectivity index is 1.52. The summed E-state index contributed by atoms with van der Waals surface area (Å²) in [7, 11) is 1.75. The van der Waals surface area contributed by atoms with E-state index < -0.39 is 0 Å². The fraction of sp³-hybridized carbons (Fsp3) is 0.333. The first-order valence-electron chi connectivity index (χ1n) is 9.57. The zero-order valence-corrected chi connectivity index (χ0v) is 18.4. The molecule has 2 aromatic heterocycles. The highest BCUT2D eigenvalue weighted by molar-refractivity contribution is 8.01. The summed E-state index contributed by atoms with van der Waals surface area (Å²) in [4.78, 5) is 27.3. The van der Waals surface area contributed by atoms with E-state index in [0.717, 1.165) is 20.6 Å². The number of hydrogen-bond donors (Lipinski definition) is 0. The van der Waals surface area contributed by atoms with E-state index in [0.29, 0.717) is 36.4 Å². The number of nitrogens with zero attached hydrogens (tertiary/aromatic N) is 4. The van der Waals surface area contributed by atoms with Gasteiger partial charge in [0.05, 0.1) is 5.75 Å². The molecule has 0 atom stereocenters. The lowest BCUT2D eigenvalue weighted by Gasteiger charge is -2.30. The molecular formula is C21H21FN4O2S2. The van der Waals surface area contributed by atoms with Gasteiger partial charge in [0.2, 0.25) is 5.91 Å². The van der Waals surface area contributed by atoms with Crippen LogP contribution in [-0.2, 0) is 31.2 Å². The van der Waals surface area contributed by atoms with Crippen LogP contribution in [0.4, 0.5) is 4.39 Å². The van der Waals surface area contributed by atoms with Crippen molar-refractivity contribution in [3.8, 4) is 0 Å². The van der Waals surface area contributed by atoms with E-state index >= 15 is 0 Å². The Morgan fingerprint density at radius 3 is 2.80 bits per heavy atom. The lowest BCUT2D eigenvalue weighted by molar-refractivity contribution is -0.129. The van der Waals surface area contributed by atoms with Crippen LogP contribution >= 0.6 is 23.1 Å². The second-order valence-corrected chi connectivity index (χ2v) is 9.62. The van der Waals surface area contributed by atoms with E-state index in [1.54, 1.807) is 34.7 Å². The van der Waals surface area contributed by atoms with Crippen molar-refractivity contribution in [2.24, 2.45) is 7.05 Å². The summed E-state index contributed by atoms with van der Waals surface area (Å²) in [6.45, 7) is 2.90. The van der Waals surface area contributed by atoms with Crippen molar-refractivity contribution < 1.29 is 9.18 Å². The molecule has 0 spiro atoms. The first kappa shape index (κ1) is 20.7. The molecule has 1 aromatic carbocycles. The third kappa shape index (κ3) is 4.32. The Hall–Kier alpha value is -2.52. The smallest absolute Gasteiger partial charge is 0.254 e. The van der Waals surface area contributed by atoms with Crippen molar-refractivity contribution >= 4 is 29.0 Å². The largest absolute Gasteiger partial charge is 0.337 e. The van der Waals surface area contributed by atoms with Gasteiger partial charge in [0.25, 0.3) is 5.56 Å². The van der Waals surface area contributed by atoms with Crippen LogP contribution < -0.4 is 5.56 Å². The van der Waals surface area contributed by atoms with Gasteiger partial charge in [0.15, 0.2) is 4.34 Å². The highest BCUT2D eigenvalue weighted by Gasteiger charge is 2.24. The molecule has 0 saturated heterocycles. The van der Waals surface area contributed by atoms with Gasteiger partial charge < -0.3 is 9.47 Å². The number of hydrogen-bond acceptors (Lipinski definition) is 6. The number of thioether (sulfide) groups is 1. The van der Waals surface area contributed by atoms with Gasteiger partial charge in [0, 0.05) is 44.2 Å². The van der Waals surface area contributed by atoms with Gasteiger partial charge in [-0.05, 0) is 30.2 Å². The van der Waals surface area contributed by atoms with Gasteiger partial charge in [-0.15, -0.1) is 10.2 Å². The fourth-order valence-electron chi connectivity index (χ4n) is 3.64. The maximum absolute atomic E-state index is 14.1. The minimum Gasteiger partial charge on any atom is -0.337 e. The second kappa shape index (κ2) is 8.69. The highest BCUT2D eigenvalue weighted by atomic mass is 32.2. The van der Waals surface area contributed by atoms with E-state index in [1.165, 1.54) is 29.2 Å². The molecule has 1 amide bonds. The molecule has 9 heteroatoms. The SMILES string of the molecule is Cc1nnc(SCC(=O)N2CCc3c(cc(Cc4ccccc4F)c(=O)n3C)C2)s1. The summed E-state index contributed by atoms with van der Waals surface area (Å²) in [6.07, 6.45) is 0.849. The number of rotatable bonds is 5. The molecule has 30 heavy (non-hydrogen) atoms. The van der Waals surface area contributed by atoms with Crippen molar-refractivity contribution in [3.63, 3.8) is 0 Å². The Morgan fingerprint density at radius 2 is 2.07 bits per heavy atom. The van der Waals surface area contributed by atoms with Crippen LogP contribution in [0.2, 0.25) is 0 Å². The molecule has 156 valence electrons. The summed E-state index contributed by atoms with van der Waals surface area (Å²) < 4.78 is 16.5. The molecule has 0 N–H and O–H groups in total. The Bertz CT molecular complexity index is 1160. The molecule has 0 radical (unpaired) electrons. The third-order valence-electron chi connectivity index (χ3n) is 5.20. The van der Waals surface area contributed by atoms with Gasteiger partial charge in [-0.25, -0.2) is 4.39 Å². The van der Waals surface area contributed by atoms with E-state index in [-0.39, 0.29) is 23.7 Å². The van der Waals surface area contributed by atoms with Crippen LogP contribution in [0.3, 0.4) is 0 Å². The van der Waals surface area contributed by atoms with E-state index in [4.69, 9.17) is 0 Å². The van der Waals surface area contributed by atoms with Crippen molar-refractivity contribution in [1.82, 2.24) is 19.7 Å². The van der Waals surface area contributed by atoms with E-state index in [1.807, 2.05) is 13.0 Å². The fourth-order valence-corrected chi connectivity index (χ4v) is 5.36. The van der Waals surface area contributed by atoms with E-state index in [2.05, 4.69) is 10.2 Å². The minimum absolute atomic E-state index is 0.0306. The minimum atomic E-state index is -0.321. The number of carbonyl (C=O) groups is 1. The number of benzene rings is 1. The maximum atomic E-state index is 14.1. The highest BCUT2D eigenvalue weighted by Crippen LogP contribution is 2.24. The van der Waals surface area contributed by atoms with Crippen LogP contribution in [0.15, 0.2) is 39.5 Å². The number of fused-ring (bicyclic) bond motifs is 1. The first-order valence-corrected chi connectivity index (χ1v) is 11.4. The molecule has 1 aliphatic heterocycles. The van der Waals surface area contributed by atoms with Crippen LogP contribution in [0, 0.1) is 12.7 Å². The van der Waals surface area contributed by atoms with Gasteiger partial charge in [-0.3, -0.25) is 9.59 Å². The van der Waals surface area contributed by atoms with Gasteiger partial charge in [-0.1, -0.05) is 41.3 Å². The van der Waals surface area contributed by atoms with Crippen molar-refractivity contribution in [2.45, 2.75) is 30.6 Å². The molecule has 3 heterocycles. The van der Waals surface area contributed by atoms with Crippen LogP contribution in [-0.4, -0.2) is 37.9 Å². The molecule has 6 nitrogen and oxygen atoms in total. The number of amides is 1. The quantitative estimate of drug-likeness (QED) is 0.566. The van der Waals surface area contributed by atoms with Gasteiger partial charge in [0.1, 0.15) is 10.8 Å². The predicted molar refractivity (Wildman–Crippen MR) is 115 cm³/mol. The average Bonchev–Trinajstić information content (AvgIpc) is 3.16. The number of aryl methyl sites for hydroxylation is 1. The number of carbonyl (C=O) groups excluding carboxylic acids is 1. The number of aromatic nitrogens is 3. The van der Waals surface area contributed by atoms with Crippen LogP contribution in [0.25, 0.3) is 0 Å². The zero-order chi connectivity index (χ0) is 21.3. The van der Waals surface area contributed by atoms with Crippen LogP contribution in [0.5, 0.6) is 0 Å². The Kier molecular flexibility index (Phi) is 6.01. The molecule has 0 saturated carbocycles. The molecule has 0 aliphatic carbocycles. The standard InChI is InChI=1S/C21H21FN4O2S2/c1-13-23-24-21(30-13)29-12-19(27)26-8-7-18-16(11-26)10-15(20(28)25(18)2)9-14-5-3-4-6-17(14)22/h3-6,10H,7-9,11-12H2,1-2H3. The van der Waals surface area contributed by atoms with E-state index in [9.17, 15) is 14.0 Å². The number of pyridine rings is 1. The summed E-state index contributed by atoms with van der Waals surface area (Å²) in [5, 5.41) is 8.88. The summed E-state index contributed by atoms with van der Waals surface area (Å²) >= 11 is 2.87. The zero-order valence-electron chi connectivity index (χ0n) is 16.7. The first-order chi connectivity index (χ1) is 14.4. The molecule has 4 rings (SSSR count). The average molecular weight is 445 g/mol. The number of halogens is 1. The van der Waals surface area contributed by atoms with Crippen molar-refractivity contribution in [3.05, 3.63) is 73.9 Å². The molecule has 0 unspecified atom stereocenters. The molecule has 0 fully saturated rings. The lowest BCUT2D eigenvalue weighted by Crippen LogP contribution is -2.40. The normalized spacial score (nSPS) is 13.4. The second-order valence-electron chi connectivity index (χ2n) is 7.21. The van der Waals surface area contributed by atoms with Crippen molar-refractivity contribution in [2.75, 3.05) is 12.3 Å². The Morgan fingerprint density at radius 1 is 1.27 bits per heavy atom. The molecule has 1 aliphatic rings. The Labute approximate surface area is 181 Å². The topological polar surface area (TPSA) is 68.1 Å². The van der Waals surface area contributed by atoms with Crippen LogP contribution in [0.1, 0.15) is 27.4 Å². The summed E-state index contributed by atoms with van der Waals surface area (Å²) in [5.74, 6) is 0.0127. The monoisotopic (exact) mass is 444 g/mol. The molecule has 3 aromatic rings. The maximum Gasteiger partial charge on any atom is 0.254 e. The lowest BCUT2D eigenvalue weighted by atomic mass is 9.99. The van der Waals surface area contributed by atoms with Gasteiger partial charge in [-0.2, -0.15) is 0 Å². The van der Waals surface area contributed by atoms with Gasteiger partial charge >= 0.3 is 0 Å². The molecule has 0 bridgehead atoms. The predicted octanol–water partition coefficient (Wildman–Crippen LogP) is 2.95. The molecular weight excluding hydrogens is 423 g/mol. The summed E-state index contributed by atoms with van der Waals surface area (Å²) in [5.41, 5.74) is 2.80. The third-order valence-corrected chi connectivity index (χ3v) is 7.16. The van der Waals surface area contributed by atoms with Crippen molar-refractivity contribution in [1.29, 1.82) is 0 Å².